The lowest BCUT2D eigenvalue weighted by molar-refractivity contribution is -0.384. The third-order valence-electron chi connectivity index (χ3n) is 2.79. The number of allylic oxidation sites excluding steroid dienone is 2. The number of hydrogen-bond donors (Lipinski definition) is 1. The highest BCUT2D eigenvalue weighted by molar-refractivity contribution is 5.99. The minimum absolute atomic E-state index is 0.0145. The van der Waals surface area contributed by atoms with E-state index in [1.54, 1.807) is 12.2 Å². The predicted octanol–water partition coefficient (Wildman–Crippen LogP) is 3.80. The molecular weight excluding hydrogens is 280 g/mol. The summed E-state index contributed by atoms with van der Waals surface area (Å²) in [5, 5.41) is 13.1. The van der Waals surface area contributed by atoms with Gasteiger partial charge in [0.25, 0.3) is 5.69 Å². The normalized spacial score (nSPS) is 10.9. The number of nitro groups is 1. The van der Waals surface area contributed by atoms with Crippen LogP contribution in [-0.4, -0.2) is 10.8 Å². The van der Waals surface area contributed by atoms with Gasteiger partial charge < -0.3 is 5.32 Å². The summed E-state index contributed by atoms with van der Waals surface area (Å²) in [6.45, 7) is 0. The molecule has 0 bridgehead atoms. The molecule has 0 aromatic heterocycles. The molecule has 0 fully saturated rings. The smallest absolute Gasteiger partial charge is 0.269 e. The van der Waals surface area contributed by atoms with Crippen molar-refractivity contribution in [1.29, 1.82) is 0 Å². The Balaban J connectivity index is 1.88. The van der Waals surface area contributed by atoms with Crippen LogP contribution in [0.5, 0.6) is 0 Å². The minimum Gasteiger partial charge on any atom is -0.323 e. The number of anilines is 1. The molecule has 22 heavy (non-hydrogen) atoms. The fourth-order valence-electron chi connectivity index (χ4n) is 1.72. The number of carbonyl (C=O) groups is 1. The molecule has 0 spiro atoms. The van der Waals surface area contributed by atoms with Gasteiger partial charge in [0.15, 0.2) is 0 Å². The molecule has 0 aliphatic rings. The summed E-state index contributed by atoms with van der Waals surface area (Å²) in [6.07, 6.45) is 6.68. The maximum atomic E-state index is 11.7. The number of benzene rings is 2. The van der Waals surface area contributed by atoms with Gasteiger partial charge in [-0.2, -0.15) is 0 Å². The highest BCUT2D eigenvalue weighted by Crippen LogP contribution is 2.15. The monoisotopic (exact) mass is 294 g/mol. The quantitative estimate of drug-likeness (QED) is 0.394. The molecule has 5 nitrogen and oxygen atoms in total. The molecule has 0 saturated carbocycles. The molecular formula is C17H14N2O3. The Morgan fingerprint density at radius 1 is 1.00 bits per heavy atom. The summed E-state index contributed by atoms with van der Waals surface area (Å²) in [6, 6.07) is 15.4. The van der Waals surface area contributed by atoms with Crippen molar-refractivity contribution >= 4 is 23.4 Å². The van der Waals surface area contributed by atoms with Crippen LogP contribution in [0.4, 0.5) is 11.4 Å². The Morgan fingerprint density at radius 2 is 1.68 bits per heavy atom. The summed E-state index contributed by atoms with van der Waals surface area (Å²) in [5.74, 6) is -0.299. The summed E-state index contributed by atoms with van der Waals surface area (Å²) in [7, 11) is 0. The first kappa shape index (κ1) is 15.2. The molecule has 0 atom stereocenters. The van der Waals surface area contributed by atoms with Crippen molar-refractivity contribution in [3.05, 3.63) is 88.5 Å². The van der Waals surface area contributed by atoms with Gasteiger partial charge in [0.1, 0.15) is 0 Å². The van der Waals surface area contributed by atoms with Crippen LogP contribution in [0.2, 0.25) is 0 Å². The molecule has 0 heterocycles. The van der Waals surface area contributed by atoms with Gasteiger partial charge in [-0.1, -0.05) is 48.6 Å². The fourth-order valence-corrected chi connectivity index (χ4v) is 1.72. The van der Waals surface area contributed by atoms with Crippen LogP contribution in [0.15, 0.2) is 72.8 Å². The Hall–Kier alpha value is -3.21. The van der Waals surface area contributed by atoms with Gasteiger partial charge in [-0.15, -0.1) is 0 Å². The number of amides is 1. The largest absolute Gasteiger partial charge is 0.323 e. The molecule has 0 radical (unpaired) electrons. The van der Waals surface area contributed by atoms with Crippen LogP contribution in [0.25, 0.3) is 6.08 Å². The first-order valence-electron chi connectivity index (χ1n) is 6.60. The van der Waals surface area contributed by atoms with E-state index in [1.807, 2.05) is 36.4 Å². The van der Waals surface area contributed by atoms with E-state index in [-0.39, 0.29) is 11.6 Å². The molecule has 0 saturated heterocycles. The van der Waals surface area contributed by atoms with Crippen molar-refractivity contribution in [2.45, 2.75) is 0 Å². The zero-order valence-corrected chi connectivity index (χ0v) is 11.7. The van der Waals surface area contributed by atoms with Gasteiger partial charge in [0.05, 0.1) is 4.92 Å². The molecule has 2 aromatic rings. The first-order valence-corrected chi connectivity index (χ1v) is 6.60. The molecule has 110 valence electrons. The lowest BCUT2D eigenvalue weighted by atomic mass is 10.2. The summed E-state index contributed by atoms with van der Waals surface area (Å²) >= 11 is 0. The van der Waals surface area contributed by atoms with Gasteiger partial charge in [-0.3, -0.25) is 14.9 Å². The highest BCUT2D eigenvalue weighted by Gasteiger charge is 2.04. The van der Waals surface area contributed by atoms with Crippen LogP contribution < -0.4 is 5.32 Å². The van der Waals surface area contributed by atoms with Crippen LogP contribution in [-0.2, 0) is 4.79 Å². The Kier molecular flexibility index (Phi) is 5.20. The summed E-state index contributed by atoms with van der Waals surface area (Å²) in [5.41, 5.74) is 1.54. The van der Waals surface area contributed by atoms with Crippen molar-refractivity contribution in [3.63, 3.8) is 0 Å². The van der Waals surface area contributed by atoms with E-state index in [1.165, 1.54) is 30.3 Å². The average Bonchev–Trinajstić information content (AvgIpc) is 2.53. The minimum atomic E-state index is -0.486. The number of rotatable bonds is 5. The third-order valence-corrected chi connectivity index (χ3v) is 2.79. The van der Waals surface area contributed by atoms with Crippen molar-refractivity contribution in [2.24, 2.45) is 0 Å². The topological polar surface area (TPSA) is 72.2 Å². The fraction of sp³-hybridized carbons (Fsp3) is 0. The number of carbonyl (C=O) groups excluding carboxylic acids is 1. The van der Waals surface area contributed by atoms with Gasteiger partial charge >= 0.3 is 0 Å². The van der Waals surface area contributed by atoms with E-state index >= 15 is 0 Å². The molecule has 2 aromatic carbocycles. The van der Waals surface area contributed by atoms with Crippen molar-refractivity contribution < 1.29 is 9.72 Å². The van der Waals surface area contributed by atoms with Crippen LogP contribution in [0.3, 0.4) is 0 Å². The van der Waals surface area contributed by atoms with E-state index in [0.717, 1.165) is 5.56 Å². The Labute approximate surface area is 127 Å². The zero-order chi connectivity index (χ0) is 15.8. The van der Waals surface area contributed by atoms with Crippen molar-refractivity contribution in [1.82, 2.24) is 0 Å². The number of hydrogen-bond acceptors (Lipinski definition) is 3. The van der Waals surface area contributed by atoms with Crippen LogP contribution in [0, 0.1) is 10.1 Å². The lowest BCUT2D eigenvalue weighted by Gasteiger charge is -2.00. The van der Waals surface area contributed by atoms with Crippen LogP contribution >= 0.6 is 0 Å². The predicted molar refractivity (Wildman–Crippen MR) is 86.3 cm³/mol. The van der Waals surface area contributed by atoms with E-state index in [4.69, 9.17) is 0 Å². The van der Waals surface area contributed by atoms with E-state index < -0.39 is 4.92 Å². The second-order valence-electron chi connectivity index (χ2n) is 4.42. The van der Waals surface area contributed by atoms with Crippen LogP contribution in [0.1, 0.15) is 5.56 Å². The Bertz CT molecular complexity index is 704. The second kappa shape index (κ2) is 7.54. The highest BCUT2D eigenvalue weighted by atomic mass is 16.6. The van der Waals surface area contributed by atoms with Crippen molar-refractivity contribution in [2.75, 3.05) is 5.32 Å². The van der Waals surface area contributed by atoms with Gasteiger partial charge in [0.2, 0.25) is 5.91 Å². The summed E-state index contributed by atoms with van der Waals surface area (Å²) < 4.78 is 0. The maximum Gasteiger partial charge on any atom is 0.269 e. The van der Waals surface area contributed by atoms with E-state index in [2.05, 4.69) is 5.32 Å². The average molecular weight is 294 g/mol. The molecule has 2 rings (SSSR count). The Morgan fingerprint density at radius 3 is 2.32 bits per heavy atom. The lowest BCUT2D eigenvalue weighted by Crippen LogP contribution is -2.07. The summed E-state index contributed by atoms with van der Waals surface area (Å²) in [4.78, 5) is 21.7. The van der Waals surface area contributed by atoms with E-state index in [9.17, 15) is 14.9 Å². The zero-order valence-electron chi connectivity index (χ0n) is 11.7. The van der Waals surface area contributed by atoms with Gasteiger partial charge in [0, 0.05) is 23.9 Å². The number of nitrogens with one attached hydrogen (secondary N) is 1. The van der Waals surface area contributed by atoms with E-state index in [0.29, 0.717) is 5.69 Å². The molecule has 0 aliphatic heterocycles. The molecule has 1 amide bonds. The SMILES string of the molecule is O=C(/C=C\C=C\c1ccccc1)Nc1ccc([N+](=O)[O-])cc1. The standard InChI is InChI=1S/C17H14N2O3/c20-17(9-5-4-8-14-6-2-1-3-7-14)18-15-10-12-16(13-11-15)19(21)22/h1-13H,(H,18,20)/b8-4+,9-5-. The second-order valence-corrected chi connectivity index (χ2v) is 4.42. The molecule has 5 heteroatoms. The van der Waals surface area contributed by atoms with Crippen molar-refractivity contribution in [3.8, 4) is 0 Å². The third kappa shape index (κ3) is 4.72. The molecule has 1 N–H and O–H groups in total. The molecule has 0 aliphatic carbocycles. The maximum absolute atomic E-state index is 11.7. The first-order chi connectivity index (χ1) is 10.6. The number of nitrogens with zero attached hydrogens (tertiary/aromatic N) is 1. The molecule has 0 unspecified atom stereocenters. The van der Waals surface area contributed by atoms with Gasteiger partial charge in [-0.05, 0) is 17.7 Å². The number of nitro benzene ring substituents is 1. The van der Waals surface area contributed by atoms with Gasteiger partial charge in [-0.25, -0.2) is 0 Å². The number of non-ortho nitro benzene ring substituents is 1.